The number of hydrogen-bond donors (Lipinski definition) is 2. The Morgan fingerprint density at radius 1 is 0.710 bits per heavy atom. The molecule has 0 amide bonds. The van der Waals surface area contributed by atoms with Gasteiger partial charge < -0.3 is 20.4 Å². The Bertz CT molecular complexity index is 479. The van der Waals surface area contributed by atoms with Gasteiger partial charge in [0.15, 0.2) is 0 Å². The van der Waals surface area contributed by atoms with E-state index in [1.54, 1.807) is 0 Å². The maximum Gasteiger partial charge on any atom is 0.0241 e. The van der Waals surface area contributed by atoms with Crippen molar-refractivity contribution in [1.29, 1.82) is 0 Å². The molecule has 184 valence electrons. The molecule has 0 aromatic carbocycles. The van der Waals surface area contributed by atoms with E-state index >= 15 is 0 Å². The van der Waals surface area contributed by atoms with Crippen LogP contribution in [0.4, 0.5) is 0 Å². The number of hydrogen-bond acceptors (Lipinski definition) is 6. The summed E-state index contributed by atoms with van der Waals surface area (Å²) in [5.41, 5.74) is 0.730. The molecule has 4 fully saturated rings. The number of likely N-dealkylation sites (N-methyl/N-ethyl adjacent to an activating group) is 2. The molecule has 0 aliphatic carbocycles. The summed E-state index contributed by atoms with van der Waals surface area (Å²) in [6.45, 7) is 26.1. The minimum atomic E-state index is 0.353. The van der Waals surface area contributed by atoms with Crippen LogP contribution >= 0.6 is 0 Å². The highest BCUT2D eigenvalue weighted by Crippen LogP contribution is 2.29. The molecular weight excluding hydrogens is 384 g/mol. The van der Waals surface area contributed by atoms with Gasteiger partial charge in [0.05, 0.1) is 0 Å². The fraction of sp³-hybridized carbons (Fsp3) is 1.00. The summed E-state index contributed by atoms with van der Waals surface area (Å²) in [6, 6.07) is 1.61. The normalized spacial score (nSPS) is 29.4. The predicted molar refractivity (Wildman–Crippen MR) is 135 cm³/mol. The molecule has 4 heterocycles. The zero-order valence-corrected chi connectivity index (χ0v) is 22.1. The van der Waals surface area contributed by atoms with Crippen molar-refractivity contribution in [2.24, 2.45) is 0 Å². The fourth-order valence-corrected chi connectivity index (χ4v) is 5.07. The van der Waals surface area contributed by atoms with Crippen molar-refractivity contribution < 1.29 is 0 Å². The Balaban J connectivity index is 0.000000166. The third-order valence-corrected chi connectivity index (χ3v) is 7.15. The Morgan fingerprint density at radius 3 is 1.81 bits per heavy atom. The highest BCUT2D eigenvalue weighted by atomic mass is 15.3. The molecule has 0 spiro atoms. The van der Waals surface area contributed by atoms with E-state index in [1.165, 1.54) is 78.2 Å². The zero-order valence-electron chi connectivity index (χ0n) is 22.1. The first-order chi connectivity index (χ1) is 14.5. The van der Waals surface area contributed by atoms with Crippen LogP contribution in [0.1, 0.15) is 60.8 Å². The van der Waals surface area contributed by atoms with Gasteiger partial charge in [0, 0.05) is 62.4 Å². The summed E-state index contributed by atoms with van der Waals surface area (Å²) in [5, 5.41) is 6.92. The van der Waals surface area contributed by atoms with Crippen LogP contribution in [0.5, 0.6) is 0 Å². The van der Waals surface area contributed by atoms with Crippen LogP contribution < -0.4 is 10.6 Å². The molecule has 2 N–H and O–H groups in total. The van der Waals surface area contributed by atoms with Crippen LogP contribution in [-0.2, 0) is 0 Å². The van der Waals surface area contributed by atoms with Gasteiger partial charge in [-0.1, -0.05) is 0 Å². The van der Waals surface area contributed by atoms with E-state index < -0.39 is 0 Å². The molecule has 31 heavy (non-hydrogen) atoms. The van der Waals surface area contributed by atoms with Crippen molar-refractivity contribution in [3.05, 3.63) is 0 Å². The summed E-state index contributed by atoms with van der Waals surface area (Å²) in [5.74, 6) is 0. The minimum absolute atomic E-state index is 0.353. The highest BCUT2D eigenvalue weighted by Gasteiger charge is 2.42. The first-order valence-corrected chi connectivity index (χ1v) is 12.8. The molecule has 0 aromatic heterocycles. The predicted octanol–water partition coefficient (Wildman–Crippen LogP) is 2.16. The monoisotopic (exact) mass is 438 g/mol. The lowest BCUT2D eigenvalue weighted by atomic mass is 10.0. The third-order valence-electron chi connectivity index (χ3n) is 7.15. The van der Waals surface area contributed by atoms with Crippen LogP contribution in [0.25, 0.3) is 0 Å². The van der Waals surface area contributed by atoms with Gasteiger partial charge in [-0.05, 0) is 101 Å². The van der Waals surface area contributed by atoms with Crippen molar-refractivity contribution in [2.75, 3.05) is 79.5 Å². The van der Waals surface area contributed by atoms with Crippen molar-refractivity contribution >= 4 is 0 Å². The first-order valence-electron chi connectivity index (χ1n) is 12.8. The highest BCUT2D eigenvalue weighted by molar-refractivity contribution is 5.01. The van der Waals surface area contributed by atoms with Crippen molar-refractivity contribution in [3.8, 4) is 0 Å². The van der Waals surface area contributed by atoms with E-state index in [2.05, 4.69) is 85.9 Å². The van der Waals surface area contributed by atoms with Gasteiger partial charge in [-0.3, -0.25) is 9.80 Å². The minimum Gasteiger partial charge on any atom is -0.315 e. The van der Waals surface area contributed by atoms with Crippen LogP contribution in [0, 0.1) is 0 Å². The van der Waals surface area contributed by atoms with E-state index in [-0.39, 0.29) is 0 Å². The fourth-order valence-electron chi connectivity index (χ4n) is 5.07. The smallest absolute Gasteiger partial charge is 0.0241 e. The largest absolute Gasteiger partial charge is 0.315 e. The van der Waals surface area contributed by atoms with Crippen LogP contribution in [0.15, 0.2) is 0 Å². The zero-order chi connectivity index (χ0) is 23.1. The summed E-state index contributed by atoms with van der Waals surface area (Å²) >= 11 is 0. The molecule has 6 nitrogen and oxygen atoms in total. The second kappa shape index (κ2) is 12.3. The summed E-state index contributed by atoms with van der Waals surface area (Å²) in [6.07, 6.45) is 3.99. The SMILES string of the molecule is CC(C)(C)N1CC2CC1CN2.CC(C)(C)N1CCCNCC1.CN1CCCN(C)CC1. The average Bonchev–Trinajstić information content (AvgIpc) is 3.13. The topological polar surface area (TPSA) is 37.0 Å². The Morgan fingerprint density at radius 2 is 1.35 bits per heavy atom. The molecule has 4 aliphatic rings. The summed E-state index contributed by atoms with van der Waals surface area (Å²) in [7, 11) is 4.39. The maximum absolute atomic E-state index is 3.52. The van der Waals surface area contributed by atoms with Crippen molar-refractivity contribution in [2.45, 2.75) is 84.0 Å². The molecule has 0 saturated carbocycles. The molecule has 0 aromatic rings. The lowest BCUT2D eigenvalue weighted by molar-refractivity contribution is 0.106. The van der Waals surface area contributed by atoms with Gasteiger partial charge in [0.2, 0.25) is 0 Å². The molecule has 4 rings (SSSR count). The second-order valence-electron chi connectivity index (χ2n) is 12.0. The number of fused-ring (bicyclic) bond motifs is 2. The van der Waals surface area contributed by atoms with Crippen molar-refractivity contribution in [3.63, 3.8) is 0 Å². The van der Waals surface area contributed by atoms with Gasteiger partial charge in [0.1, 0.15) is 0 Å². The van der Waals surface area contributed by atoms with E-state index in [4.69, 9.17) is 0 Å². The number of likely N-dealkylation sites (tertiary alicyclic amines) is 1. The van der Waals surface area contributed by atoms with E-state index in [1.807, 2.05) is 0 Å². The maximum atomic E-state index is 3.52. The molecule has 4 aliphatic heterocycles. The van der Waals surface area contributed by atoms with Crippen LogP contribution in [-0.4, -0.2) is 122 Å². The summed E-state index contributed by atoms with van der Waals surface area (Å²) < 4.78 is 0. The van der Waals surface area contributed by atoms with Gasteiger partial charge >= 0.3 is 0 Å². The third kappa shape index (κ3) is 9.65. The van der Waals surface area contributed by atoms with Crippen LogP contribution in [0.2, 0.25) is 0 Å². The lowest BCUT2D eigenvalue weighted by Crippen LogP contribution is -2.52. The molecule has 2 atom stereocenters. The molecule has 2 bridgehead atoms. The standard InChI is InChI=1S/C9H18N2.C9H20N2.C7H16N2/c1-9(2,3)11-6-7-4-8(11)5-10-7;1-9(2,3)11-7-4-5-10-6-8-11;1-8-4-3-5-9(2)7-6-8/h7-8,10H,4-6H2,1-3H3;10H,4-8H2,1-3H3;3-7H2,1-2H3. The summed E-state index contributed by atoms with van der Waals surface area (Å²) in [4.78, 5) is 9.97. The van der Waals surface area contributed by atoms with E-state index in [0.717, 1.165) is 18.6 Å². The van der Waals surface area contributed by atoms with E-state index in [0.29, 0.717) is 11.1 Å². The van der Waals surface area contributed by atoms with Gasteiger partial charge in [-0.25, -0.2) is 0 Å². The van der Waals surface area contributed by atoms with Gasteiger partial charge in [0.25, 0.3) is 0 Å². The van der Waals surface area contributed by atoms with Crippen LogP contribution in [0.3, 0.4) is 0 Å². The second-order valence-corrected chi connectivity index (χ2v) is 12.0. The molecule has 2 unspecified atom stereocenters. The molecule has 4 saturated heterocycles. The van der Waals surface area contributed by atoms with E-state index in [9.17, 15) is 0 Å². The first kappa shape index (κ1) is 27.0. The number of nitrogens with one attached hydrogen (secondary N) is 2. The Labute approximate surface area is 194 Å². The molecular formula is C25H54N6. The Kier molecular flexibility index (Phi) is 10.7. The molecule has 0 radical (unpaired) electrons. The lowest BCUT2D eigenvalue weighted by Gasteiger charge is -2.38. The number of rotatable bonds is 0. The Hall–Kier alpha value is -0.240. The number of nitrogens with zero attached hydrogens (tertiary/aromatic N) is 4. The average molecular weight is 439 g/mol. The number of piperazine rings is 1. The quantitative estimate of drug-likeness (QED) is 0.604. The molecule has 6 heteroatoms. The van der Waals surface area contributed by atoms with Gasteiger partial charge in [-0.15, -0.1) is 0 Å². The van der Waals surface area contributed by atoms with Gasteiger partial charge in [-0.2, -0.15) is 0 Å². The van der Waals surface area contributed by atoms with Crippen molar-refractivity contribution in [1.82, 2.24) is 30.2 Å².